The molecule has 0 spiro atoms. The molecule has 0 atom stereocenters. The van der Waals surface area contributed by atoms with Crippen LogP contribution in [0.4, 0.5) is 17.5 Å². The van der Waals surface area contributed by atoms with Crippen molar-refractivity contribution in [1.29, 1.82) is 0 Å². The lowest BCUT2D eigenvalue weighted by Crippen LogP contribution is -2.03. The SMILES string of the molecule is CNc1nc(Nc2cc(C)cc(C)c2)cc(C2CC2)n1. The van der Waals surface area contributed by atoms with E-state index in [0.29, 0.717) is 11.9 Å². The molecule has 1 heterocycles. The molecule has 1 aromatic carbocycles. The van der Waals surface area contributed by atoms with Crippen LogP contribution in [-0.2, 0) is 0 Å². The second-order valence-electron chi connectivity index (χ2n) is 5.53. The number of hydrogen-bond acceptors (Lipinski definition) is 4. The van der Waals surface area contributed by atoms with E-state index in [1.165, 1.54) is 24.0 Å². The van der Waals surface area contributed by atoms with Crippen molar-refractivity contribution in [3.8, 4) is 0 Å². The Morgan fingerprint density at radius 3 is 2.30 bits per heavy atom. The Morgan fingerprint density at radius 1 is 1.00 bits per heavy atom. The van der Waals surface area contributed by atoms with Gasteiger partial charge in [-0.15, -0.1) is 0 Å². The third kappa shape index (κ3) is 2.90. The number of anilines is 3. The molecule has 2 aromatic rings. The molecule has 4 nitrogen and oxygen atoms in total. The first-order chi connectivity index (χ1) is 9.64. The Morgan fingerprint density at radius 2 is 1.70 bits per heavy atom. The van der Waals surface area contributed by atoms with Crippen molar-refractivity contribution in [3.05, 3.63) is 41.1 Å². The van der Waals surface area contributed by atoms with Gasteiger partial charge in [-0.1, -0.05) is 6.07 Å². The molecular formula is C16H20N4. The van der Waals surface area contributed by atoms with Gasteiger partial charge in [-0.25, -0.2) is 4.98 Å². The zero-order valence-electron chi connectivity index (χ0n) is 12.2. The molecule has 0 aliphatic heterocycles. The van der Waals surface area contributed by atoms with E-state index in [1.54, 1.807) is 0 Å². The van der Waals surface area contributed by atoms with E-state index in [-0.39, 0.29) is 0 Å². The molecule has 3 rings (SSSR count). The van der Waals surface area contributed by atoms with Crippen LogP contribution >= 0.6 is 0 Å². The molecule has 1 aliphatic rings. The minimum Gasteiger partial charge on any atom is -0.357 e. The van der Waals surface area contributed by atoms with Crippen LogP contribution in [0.25, 0.3) is 0 Å². The normalized spacial score (nSPS) is 14.2. The van der Waals surface area contributed by atoms with Crippen molar-refractivity contribution < 1.29 is 0 Å². The van der Waals surface area contributed by atoms with E-state index in [9.17, 15) is 0 Å². The first-order valence-electron chi connectivity index (χ1n) is 7.06. The van der Waals surface area contributed by atoms with Gasteiger partial charge in [-0.3, -0.25) is 0 Å². The van der Waals surface area contributed by atoms with Gasteiger partial charge in [0.15, 0.2) is 0 Å². The second-order valence-corrected chi connectivity index (χ2v) is 5.53. The summed E-state index contributed by atoms with van der Waals surface area (Å²) in [5.41, 5.74) is 4.71. The number of nitrogens with zero attached hydrogens (tertiary/aromatic N) is 2. The lowest BCUT2D eigenvalue weighted by atomic mass is 10.1. The highest BCUT2D eigenvalue weighted by molar-refractivity contribution is 5.59. The van der Waals surface area contributed by atoms with Gasteiger partial charge in [-0.2, -0.15) is 4.98 Å². The lowest BCUT2D eigenvalue weighted by molar-refractivity contribution is 0.991. The van der Waals surface area contributed by atoms with E-state index >= 15 is 0 Å². The van der Waals surface area contributed by atoms with Crippen molar-refractivity contribution in [3.63, 3.8) is 0 Å². The summed E-state index contributed by atoms with van der Waals surface area (Å²) < 4.78 is 0. The maximum Gasteiger partial charge on any atom is 0.224 e. The van der Waals surface area contributed by atoms with Gasteiger partial charge in [0, 0.05) is 24.7 Å². The fraction of sp³-hybridized carbons (Fsp3) is 0.375. The zero-order valence-corrected chi connectivity index (χ0v) is 12.2. The summed E-state index contributed by atoms with van der Waals surface area (Å²) in [5, 5.41) is 6.43. The number of rotatable bonds is 4. The van der Waals surface area contributed by atoms with Crippen LogP contribution in [-0.4, -0.2) is 17.0 Å². The van der Waals surface area contributed by atoms with E-state index in [2.05, 4.69) is 58.7 Å². The van der Waals surface area contributed by atoms with Crippen molar-refractivity contribution >= 4 is 17.5 Å². The third-order valence-electron chi connectivity index (χ3n) is 3.46. The van der Waals surface area contributed by atoms with Gasteiger partial charge in [0.1, 0.15) is 5.82 Å². The maximum atomic E-state index is 4.53. The average molecular weight is 268 g/mol. The maximum absolute atomic E-state index is 4.53. The summed E-state index contributed by atoms with van der Waals surface area (Å²) in [6, 6.07) is 8.49. The van der Waals surface area contributed by atoms with Crippen LogP contribution in [0.3, 0.4) is 0 Å². The minimum absolute atomic E-state index is 0.616. The van der Waals surface area contributed by atoms with E-state index in [4.69, 9.17) is 0 Å². The molecule has 1 aromatic heterocycles. The highest BCUT2D eigenvalue weighted by atomic mass is 15.1. The summed E-state index contributed by atoms with van der Waals surface area (Å²) >= 11 is 0. The monoisotopic (exact) mass is 268 g/mol. The molecule has 0 radical (unpaired) electrons. The Kier molecular flexibility index (Phi) is 3.30. The Hall–Kier alpha value is -2.10. The topological polar surface area (TPSA) is 49.8 Å². The lowest BCUT2D eigenvalue weighted by Gasteiger charge is -2.11. The van der Waals surface area contributed by atoms with Crippen molar-refractivity contribution in [2.24, 2.45) is 0 Å². The van der Waals surface area contributed by atoms with Crippen LogP contribution in [0.5, 0.6) is 0 Å². The number of aryl methyl sites for hydroxylation is 2. The predicted octanol–water partition coefficient (Wildman–Crippen LogP) is 3.76. The first-order valence-corrected chi connectivity index (χ1v) is 7.06. The highest BCUT2D eigenvalue weighted by Gasteiger charge is 2.26. The number of benzene rings is 1. The smallest absolute Gasteiger partial charge is 0.224 e. The molecule has 104 valence electrons. The highest BCUT2D eigenvalue weighted by Crippen LogP contribution is 2.40. The number of hydrogen-bond donors (Lipinski definition) is 2. The van der Waals surface area contributed by atoms with Crippen molar-refractivity contribution in [1.82, 2.24) is 9.97 Å². The molecule has 1 aliphatic carbocycles. The fourth-order valence-corrected chi connectivity index (χ4v) is 2.42. The Bertz CT molecular complexity index is 612. The zero-order chi connectivity index (χ0) is 14.1. The van der Waals surface area contributed by atoms with Crippen LogP contribution in [0.1, 0.15) is 35.6 Å². The molecule has 1 saturated carbocycles. The van der Waals surface area contributed by atoms with Crippen molar-refractivity contribution in [2.75, 3.05) is 17.7 Å². The predicted molar refractivity (Wildman–Crippen MR) is 82.8 cm³/mol. The van der Waals surface area contributed by atoms with Crippen LogP contribution < -0.4 is 10.6 Å². The summed E-state index contributed by atoms with van der Waals surface area (Å²) in [6.45, 7) is 4.21. The van der Waals surface area contributed by atoms with Gasteiger partial charge in [-0.05, 0) is 49.9 Å². The van der Waals surface area contributed by atoms with E-state index in [1.807, 2.05) is 7.05 Å². The van der Waals surface area contributed by atoms with Crippen LogP contribution in [0, 0.1) is 13.8 Å². The quantitative estimate of drug-likeness (QED) is 0.886. The van der Waals surface area contributed by atoms with E-state index in [0.717, 1.165) is 17.2 Å². The minimum atomic E-state index is 0.616. The first kappa shape index (κ1) is 12.9. The molecule has 2 N–H and O–H groups in total. The largest absolute Gasteiger partial charge is 0.357 e. The number of nitrogens with one attached hydrogen (secondary N) is 2. The fourth-order valence-electron chi connectivity index (χ4n) is 2.42. The molecule has 0 unspecified atom stereocenters. The van der Waals surface area contributed by atoms with Gasteiger partial charge in [0.05, 0.1) is 5.69 Å². The standard InChI is InChI=1S/C16H20N4/c1-10-6-11(2)8-13(7-10)18-15-9-14(12-4-5-12)19-16(17-3)20-15/h6-9,12H,4-5H2,1-3H3,(H2,17,18,19,20). The molecule has 0 amide bonds. The second kappa shape index (κ2) is 5.12. The number of aromatic nitrogens is 2. The summed E-state index contributed by atoms with van der Waals surface area (Å²) in [6.07, 6.45) is 2.48. The summed E-state index contributed by atoms with van der Waals surface area (Å²) in [7, 11) is 1.85. The molecule has 0 saturated heterocycles. The third-order valence-corrected chi connectivity index (χ3v) is 3.46. The van der Waals surface area contributed by atoms with Gasteiger partial charge in [0.2, 0.25) is 5.95 Å². The van der Waals surface area contributed by atoms with Crippen LogP contribution in [0.2, 0.25) is 0 Å². The summed E-state index contributed by atoms with van der Waals surface area (Å²) in [5.74, 6) is 2.16. The Labute approximate surface area is 119 Å². The average Bonchev–Trinajstić information content (AvgIpc) is 3.21. The van der Waals surface area contributed by atoms with Gasteiger partial charge in [0.25, 0.3) is 0 Å². The van der Waals surface area contributed by atoms with E-state index < -0.39 is 0 Å². The molecule has 1 fully saturated rings. The summed E-state index contributed by atoms with van der Waals surface area (Å²) in [4.78, 5) is 9.01. The molecular weight excluding hydrogens is 248 g/mol. The Balaban J connectivity index is 1.90. The van der Waals surface area contributed by atoms with Crippen LogP contribution in [0.15, 0.2) is 24.3 Å². The van der Waals surface area contributed by atoms with Gasteiger partial charge >= 0.3 is 0 Å². The van der Waals surface area contributed by atoms with Crippen molar-refractivity contribution in [2.45, 2.75) is 32.6 Å². The molecule has 4 heteroatoms. The molecule has 20 heavy (non-hydrogen) atoms. The molecule has 0 bridgehead atoms. The van der Waals surface area contributed by atoms with Gasteiger partial charge < -0.3 is 10.6 Å².